The van der Waals surface area contributed by atoms with Crippen LogP contribution in [0.1, 0.15) is 24.4 Å². The zero-order valence-electron chi connectivity index (χ0n) is 13.8. The molecule has 2 amide bonds. The molecule has 25 heavy (non-hydrogen) atoms. The van der Waals surface area contributed by atoms with Crippen LogP contribution < -0.4 is 15.4 Å². The molecule has 128 valence electrons. The number of hydrogen-bond donors (Lipinski definition) is 3. The van der Waals surface area contributed by atoms with Crippen LogP contribution in [0.25, 0.3) is 0 Å². The van der Waals surface area contributed by atoms with Crippen LogP contribution in [0, 0.1) is 0 Å². The van der Waals surface area contributed by atoms with E-state index in [2.05, 4.69) is 25.8 Å². The van der Waals surface area contributed by atoms with Crippen molar-refractivity contribution in [2.24, 2.45) is 0 Å². The predicted molar refractivity (Wildman–Crippen MR) is 93.1 cm³/mol. The van der Waals surface area contributed by atoms with Crippen molar-refractivity contribution in [1.29, 1.82) is 0 Å². The molecule has 3 aromatic rings. The third-order valence-electron chi connectivity index (χ3n) is 3.52. The fourth-order valence-corrected chi connectivity index (χ4v) is 2.27. The maximum absolute atomic E-state index is 12.0. The Balaban J connectivity index is 1.53. The van der Waals surface area contributed by atoms with Crippen LogP contribution in [0.15, 0.2) is 60.9 Å². The summed E-state index contributed by atoms with van der Waals surface area (Å²) in [7, 11) is 0. The molecule has 0 saturated carbocycles. The molecule has 0 aliphatic heterocycles. The van der Waals surface area contributed by atoms with Crippen molar-refractivity contribution in [2.45, 2.75) is 19.5 Å². The second-order valence-corrected chi connectivity index (χ2v) is 5.48. The van der Waals surface area contributed by atoms with Gasteiger partial charge in [0.1, 0.15) is 23.7 Å². The summed E-state index contributed by atoms with van der Waals surface area (Å²) in [5, 5.41) is 12.1. The van der Waals surface area contributed by atoms with E-state index >= 15 is 0 Å². The van der Waals surface area contributed by atoms with Gasteiger partial charge in [0.25, 0.3) is 0 Å². The number of H-pyrrole nitrogens is 1. The number of amides is 2. The number of benzene rings is 2. The number of nitrogens with zero attached hydrogens (tertiary/aromatic N) is 2. The van der Waals surface area contributed by atoms with Gasteiger partial charge in [-0.25, -0.2) is 9.78 Å². The van der Waals surface area contributed by atoms with Crippen molar-refractivity contribution in [3.05, 3.63) is 72.3 Å². The Morgan fingerprint density at radius 1 is 1.16 bits per heavy atom. The van der Waals surface area contributed by atoms with Gasteiger partial charge in [0.05, 0.1) is 6.04 Å². The topological polar surface area (TPSA) is 91.9 Å². The second kappa shape index (κ2) is 7.96. The summed E-state index contributed by atoms with van der Waals surface area (Å²) in [4.78, 5) is 16.0. The molecule has 7 nitrogen and oxygen atoms in total. The van der Waals surface area contributed by atoms with Gasteiger partial charge < -0.3 is 15.4 Å². The highest BCUT2D eigenvalue weighted by Crippen LogP contribution is 2.21. The van der Waals surface area contributed by atoms with Gasteiger partial charge in [-0.1, -0.05) is 30.3 Å². The Hall–Kier alpha value is -3.35. The summed E-state index contributed by atoms with van der Waals surface area (Å²) in [6.07, 6.45) is 1.41. The maximum Gasteiger partial charge on any atom is 0.315 e. The minimum absolute atomic E-state index is 0.254. The van der Waals surface area contributed by atoms with E-state index in [1.165, 1.54) is 6.33 Å². The molecule has 1 heterocycles. The third-order valence-corrected chi connectivity index (χ3v) is 3.52. The fourth-order valence-electron chi connectivity index (χ4n) is 2.27. The smallest absolute Gasteiger partial charge is 0.315 e. The number of aromatic amines is 1. The summed E-state index contributed by atoms with van der Waals surface area (Å²) in [6.45, 7) is 2.22. The lowest BCUT2D eigenvalue weighted by atomic mass is 10.2. The molecule has 0 fully saturated rings. The number of rotatable bonds is 6. The lowest BCUT2D eigenvalue weighted by molar-refractivity contribution is 0.237. The van der Waals surface area contributed by atoms with Gasteiger partial charge in [0.15, 0.2) is 0 Å². The Bertz CT molecular complexity index is 805. The molecule has 1 atom stereocenters. The summed E-state index contributed by atoms with van der Waals surface area (Å²) in [5.74, 6) is 2.10. The first-order chi connectivity index (χ1) is 12.2. The minimum atomic E-state index is -0.279. The van der Waals surface area contributed by atoms with Gasteiger partial charge in [-0.2, -0.15) is 5.10 Å². The quantitative estimate of drug-likeness (QED) is 0.644. The van der Waals surface area contributed by atoms with Crippen LogP contribution in [0.3, 0.4) is 0 Å². The van der Waals surface area contributed by atoms with Crippen molar-refractivity contribution in [1.82, 2.24) is 25.8 Å². The van der Waals surface area contributed by atoms with Crippen molar-refractivity contribution < 1.29 is 9.53 Å². The molecular weight excluding hydrogens is 318 g/mol. The Labute approximate surface area is 145 Å². The average Bonchev–Trinajstić information content (AvgIpc) is 3.16. The lowest BCUT2D eigenvalue weighted by Gasteiger charge is -2.13. The highest BCUT2D eigenvalue weighted by molar-refractivity contribution is 5.74. The monoisotopic (exact) mass is 337 g/mol. The van der Waals surface area contributed by atoms with Crippen LogP contribution in [-0.2, 0) is 6.54 Å². The summed E-state index contributed by atoms with van der Waals surface area (Å²) < 4.78 is 5.79. The maximum atomic E-state index is 12.0. The van der Waals surface area contributed by atoms with E-state index in [9.17, 15) is 4.79 Å². The zero-order valence-corrected chi connectivity index (χ0v) is 13.8. The van der Waals surface area contributed by atoms with E-state index in [1.54, 1.807) is 0 Å². The van der Waals surface area contributed by atoms with E-state index in [0.717, 1.165) is 17.1 Å². The lowest BCUT2D eigenvalue weighted by Crippen LogP contribution is -2.37. The molecule has 0 aliphatic rings. The SMILES string of the molecule is CC(NC(=O)NCc1cccc(Oc2ccccc2)c1)c1ncn[nH]1. The molecule has 2 aromatic carbocycles. The molecule has 1 aromatic heterocycles. The zero-order chi connectivity index (χ0) is 17.5. The second-order valence-electron chi connectivity index (χ2n) is 5.48. The van der Waals surface area contributed by atoms with Gasteiger partial charge in [0.2, 0.25) is 0 Å². The van der Waals surface area contributed by atoms with Crippen LogP contribution >= 0.6 is 0 Å². The van der Waals surface area contributed by atoms with E-state index in [4.69, 9.17) is 4.74 Å². The highest BCUT2D eigenvalue weighted by atomic mass is 16.5. The normalized spacial score (nSPS) is 11.6. The molecule has 1 unspecified atom stereocenters. The van der Waals surface area contributed by atoms with Crippen molar-refractivity contribution in [3.8, 4) is 11.5 Å². The Kier molecular flexibility index (Phi) is 5.26. The molecule has 0 bridgehead atoms. The first-order valence-corrected chi connectivity index (χ1v) is 7.92. The summed E-state index contributed by atoms with van der Waals surface area (Å²) >= 11 is 0. The molecule has 3 rings (SSSR count). The molecule has 0 spiro atoms. The minimum Gasteiger partial charge on any atom is -0.457 e. The average molecular weight is 337 g/mol. The van der Waals surface area contributed by atoms with E-state index in [1.807, 2.05) is 61.5 Å². The van der Waals surface area contributed by atoms with E-state index < -0.39 is 0 Å². The number of aromatic nitrogens is 3. The molecule has 0 radical (unpaired) electrons. The number of urea groups is 1. The van der Waals surface area contributed by atoms with Gasteiger partial charge in [-0.3, -0.25) is 5.10 Å². The number of hydrogen-bond acceptors (Lipinski definition) is 4. The van der Waals surface area contributed by atoms with Crippen molar-refractivity contribution in [2.75, 3.05) is 0 Å². The van der Waals surface area contributed by atoms with Crippen LogP contribution in [0.5, 0.6) is 11.5 Å². The highest BCUT2D eigenvalue weighted by Gasteiger charge is 2.11. The summed E-state index contributed by atoms with van der Waals surface area (Å²) in [6, 6.07) is 16.6. The Morgan fingerprint density at radius 3 is 2.72 bits per heavy atom. The van der Waals surface area contributed by atoms with Crippen LogP contribution in [0.4, 0.5) is 4.79 Å². The predicted octanol–water partition coefficient (Wildman–Crippen LogP) is 3.16. The third kappa shape index (κ3) is 4.81. The molecule has 3 N–H and O–H groups in total. The van der Waals surface area contributed by atoms with Gasteiger partial charge in [-0.05, 0) is 36.8 Å². The standard InChI is InChI=1S/C18H19N5O2/c1-13(17-20-12-21-23-17)22-18(24)19-11-14-6-5-9-16(10-14)25-15-7-3-2-4-8-15/h2-10,12-13H,11H2,1H3,(H2,19,22,24)(H,20,21,23). The number of carbonyl (C=O) groups is 1. The fraction of sp³-hybridized carbons (Fsp3) is 0.167. The molecule has 0 saturated heterocycles. The Morgan fingerprint density at radius 2 is 1.96 bits per heavy atom. The first-order valence-electron chi connectivity index (χ1n) is 7.92. The van der Waals surface area contributed by atoms with Gasteiger partial charge in [0, 0.05) is 6.54 Å². The number of carbonyl (C=O) groups excluding carboxylic acids is 1. The van der Waals surface area contributed by atoms with Gasteiger partial charge >= 0.3 is 6.03 Å². The molecule has 7 heteroatoms. The van der Waals surface area contributed by atoms with Gasteiger partial charge in [-0.15, -0.1) is 0 Å². The van der Waals surface area contributed by atoms with E-state index in [-0.39, 0.29) is 12.1 Å². The number of ether oxygens (including phenoxy) is 1. The molecule has 0 aliphatic carbocycles. The molecular formula is C18H19N5O2. The van der Waals surface area contributed by atoms with E-state index in [0.29, 0.717) is 12.4 Å². The van der Waals surface area contributed by atoms with Crippen LogP contribution in [-0.4, -0.2) is 21.2 Å². The summed E-state index contributed by atoms with van der Waals surface area (Å²) in [5.41, 5.74) is 0.941. The number of nitrogens with one attached hydrogen (secondary N) is 3. The number of para-hydroxylation sites is 1. The van der Waals surface area contributed by atoms with Crippen molar-refractivity contribution >= 4 is 6.03 Å². The van der Waals surface area contributed by atoms with Crippen LogP contribution in [0.2, 0.25) is 0 Å². The van der Waals surface area contributed by atoms with Crippen molar-refractivity contribution in [3.63, 3.8) is 0 Å². The largest absolute Gasteiger partial charge is 0.457 e. The first kappa shape index (κ1) is 16.5.